The van der Waals surface area contributed by atoms with Crippen molar-refractivity contribution in [2.45, 2.75) is 13.3 Å². The second-order valence-electron chi connectivity index (χ2n) is 5.98. The van der Waals surface area contributed by atoms with Gasteiger partial charge in [0.1, 0.15) is 11.6 Å². The molecule has 1 unspecified atom stereocenters. The number of anilines is 1. The number of carbonyl (C=O) groups excluding carboxylic acids is 3. The SMILES string of the molecule is CC1CC(=O)N(c2cc(OCC(=O)c3ccccc3)c(Cl)cc2F)C1=O. The molecular formula is C19H15ClFNO4. The molecule has 0 saturated carbocycles. The van der Waals surface area contributed by atoms with Crippen molar-refractivity contribution in [1.82, 2.24) is 0 Å². The van der Waals surface area contributed by atoms with Gasteiger partial charge in [-0.05, 0) is 6.07 Å². The number of hydrogen-bond donors (Lipinski definition) is 0. The normalized spacial score (nSPS) is 16.9. The van der Waals surface area contributed by atoms with Crippen LogP contribution in [0.1, 0.15) is 23.7 Å². The monoisotopic (exact) mass is 375 g/mol. The van der Waals surface area contributed by atoms with Crippen molar-refractivity contribution in [1.29, 1.82) is 0 Å². The van der Waals surface area contributed by atoms with E-state index in [2.05, 4.69) is 0 Å². The molecule has 2 amide bonds. The largest absolute Gasteiger partial charge is 0.484 e. The Morgan fingerprint density at radius 1 is 1.27 bits per heavy atom. The second-order valence-corrected chi connectivity index (χ2v) is 6.39. The van der Waals surface area contributed by atoms with Crippen LogP contribution in [-0.4, -0.2) is 24.2 Å². The van der Waals surface area contributed by atoms with Gasteiger partial charge in [-0.3, -0.25) is 14.4 Å². The van der Waals surface area contributed by atoms with Gasteiger partial charge >= 0.3 is 0 Å². The van der Waals surface area contributed by atoms with E-state index in [1.165, 1.54) is 6.07 Å². The van der Waals surface area contributed by atoms with Gasteiger partial charge in [-0.1, -0.05) is 48.9 Å². The number of nitrogens with zero attached hydrogens (tertiary/aromatic N) is 1. The fourth-order valence-corrected chi connectivity index (χ4v) is 2.89. The number of Topliss-reactive ketones (excluding diaryl/α,β-unsaturated/α-hetero) is 1. The van der Waals surface area contributed by atoms with E-state index in [0.29, 0.717) is 5.56 Å². The van der Waals surface area contributed by atoms with Crippen LogP contribution in [0.3, 0.4) is 0 Å². The maximum absolute atomic E-state index is 14.3. The molecule has 134 valence electrons. The minimum Gasteiger partial charge on any atom is -0.484 e. The summed E-state index contributed by atoms with van der Waals surface area (Å²) in [5.41, 5.74) is 0.237. The van der Waals surface area contributed by atoms with Gasteiger partial charge in [0.05, 0.1) is 10.7 Å². The minimum absolute atomic E-state index is 0.0174. The molecule has 0 spiro atoms. The van der Waals surface area contributed by atoms with Gasteiger partial charge in [0.25, 0.3) is 0 Å². The molecule has 0 aromatic heterocycles. The van der Waals surface area contributed by atoms with E-state index in [1.54, 1.807) is 37.3 Å². The van der Waals surface area contributed by atoms with Crippen molar-refractivity contribution in [3.05, 3.63) is 58.9 Å². The molecule has 7 heteroatoms. The predicted molar refractivity (Wildman–Crippen MR) is 94.0 cm³/mol. The van der Waals surface area contributed by atoms with E-state index in [0.717, 1.165) is 11.0 Å². The van der Waals surface area contributed by atoms with E-state index < -0.39 is 23.5 Å². The number of benzene rings is 2. The third kappa shape index (κ3) is 3.46. The molecule has 2 aromatic carbocycles. The lowest BCUT2D eigenvalue weighted by Gasteiger charge is -2.17. The van der Waals surface area contributed by atoms with Crippen LogP contribution in [0.4, 0.5) is 10.1 Å². The van der Waals surface area contributed by atoms with Crippen LogP contribution in [0.5, 0.6) is 5.75 Å². The Kier molecular flexibility index (Phi) is 5.04. The quantitative estimate of drug-likeness (QED) is 0.591. The van der Waals surface area contributed by atoms with Gasteiger partial charge < -0.3 is 4.74 Å². The first-order chi connectivity index (χ1) is 12.4. The van der Waals surface area contributed by atoms with Crippen molar-refractivity contribution in [2.75, 3.05) is 11.5 Å². The van der Waals surface area contributed by atoms with Crippen LogP contribution in [-0.2, 0) is 9.59 Å². The maximum Gasteiger partial charge on any atom is 0.237 e. The summed E-state index contributed by atoms with van der Waals surface area (Å²) in [6.07, 6.45) is 0.0174. The number of ether oxygens (including phenoxy) is 1. The standard InChI is InChI=1S/C19H15ClFNO4/c1-11-7-18(24)22(19(11)25)15-9-17(13(20)8-14(15)21)26-10-16(23)12-5-3-2-4-6-12/h2-6,8-9,11H,7,10H2,1H3. The van der Waals surface area contributed by atoms with Crippen molar-refractivity contribution >= 4 is 34.9 Å². The summed E-state index contributed by atoms with van der Waals surface area (Å²) < 4.78 is 19.7. The van der Waals surface area contributed by atoms with E-state index in [9.17, 15) is 18.8 Å². The molecule has 26 heavy (non-hydrogen) atoms. The molecule has 0 radical (unpaired) electrons. The summed E-state index contributed by atoms with van der Waals surface area (Å²) in [5, 5.41) is -0.0562. The van der Waals surface area contributed by atoms with Crippen LogP contribution >= 0.6 is 11.6 Å². The van der Waals surface area contributed by atoms with Crippen molar-refractivity contribution in [3.8, 4) is 5.75 Å². The van der Waals surface area contributed by atoms with Gasteiger partial charge in [-0.15, -0.1) is 0 Å². The molecular weight excluding hydrogens is 361 g/mol. The Morgan fingerprint density at radius 3 is 2.58 bits per heavy atom. The van der Waals surface area contributed by atoms with Gasteiger partial charge in [0, 0.05) is 24.0 Å². The highest BCUT2D eigenvalue weighted by atomic mass is 35.5. The highest BCUT2D eigenvalue weighted by Gasteiger charge is 2.38. The molecule has 1 aliphatic heterocycles. The van der Waals surface area contributed by atoms with Crippen molar-refractivity contribution in [2.24, 2.45) is 5.92 Å². The first-order valence-corrected chi connectivity index (χ1v) is 8.33. The average molecular weight is 376 g/mol. The number of halogens is 2. The number of ketones is 1. The van der Waals surface area contributed by atoms with E-state index in [-0.39, 0.29) is 35.3 Å². The second kappa shape index (κ2) is 7.25. The number of carbonyl (C=O) groups is 3. The lowest BCUT2D eigenvalue weighted by molar-refractivity contribution is -0.122. The van der Waals surface area contributed by atoms with Gasteiger partial charge in [-0.25, -0.2) is 9.29 Å². The maximum atomic E-state index is 14.3. The molecule has 0 aliphatic carbocycles. The zero-order chi connectivity index (χ0) is 18.8. The molecule has 1 aliphatic rings. The summed E-state index contributed by atoms with van der Waals surface area (Å²) in [4.78, 5) is 37.0. The van der Waals surface area contributed by atoms with Crippen LogP contribution in [0.15, 0.2) is 42.5 Å². The molecule has 1 atom stereocenters. The number of rotatable bonds is 5. The smallest absolute Gasteiger partial charge is 0.237 e. The summed E-state index contributed by atoms with van der Waals surface area (Å²) in [6, 6.07) is 10.7. The first-order valence-electron chi connectivity index (χ1n) is 7.95. The summed E-state index contributed by atoms with van der Waals surface area (Å²) in [6.45, 7) is 1.29. The Balaban J connectivity index is 1.84. The summed E-state index contributed by atoms with van der Waals surface area (Å²) in [7, 11) is 0. The molecule has 1 fully saturated rings. The number of hydrogen-bond acceptors (Lipinski definition) is 4. The van der Waals surface area contributed by atoms with E-state index in [4.69, 9.17) is 16.3 Å². The molecule has 0 bridgehead atoms. The third-order valence-electron chi connectivity index (χ3n) is 4.07. The Labute approximate surface area is 154 Å². The van der Waals surface area contributed by atoms with Crippen LogP contribution in [0, 0.1) is 11.7 Å². The lowest BCUT2D eigenvalue weighted by atomic mass is 10.1. The first kappa shape index (κ1) is 18.1. The minimum atomic E-state index is -0.812. The lowest BCUT2D eigenvalue weighted by Crippen LogP contribution is -2.30. The molecule has 2 aromatic rings. The average Bonchev–Trinajstić information content (AvgIpc) is 2.87. The zero-order valence-corrected chi connectivity index (χ0v) is 14.6. The van der Waals surface area contributed by atoms with Crippen LogP contribution in [0.2, 0.25) is 5.02 Å². The fraction of sp³-hybridized carbons (Fsp3) is 0.211. The zero-order valence-electron chi connectivity index (χ0n) is 13.9. The topological polar surface area (TPSA) is 63.7 Å². The molecule has 1 heterocycles. The van der Waals surface area contributed by atoms with Gasteiger partial charge in [0.15, 0.2) is 12.4 Å². The predicted octanol–water partition coefficient (Wildman–Crippen LogP) is 3.64. The van der Waals surface area contributed by atoms with Crippen LogP contribution in [0.25, 0.3) is 0 Å². The highest BCUT2D eigenvalue weighted by Crippen LogP contribution is 2.35. The Bertz CT molecular complexity index is 885. The highest BCUT2D eigenvalue weighted by molar-refractivity contribution is 6.32. The van der Waals surface area contributed by atoms with Gasteiger partial charge in [-0.2, -0.15) is 0 Å². The third-order valence-corrected chi connectivity index (χ3v) is 4.36. The fourth-order valence-electron chi connectivity index (χ4n) is 2.69. The Hall–Kier alpha value is -2.73. The summed E-state index contributed by atoms with van der Waals surface area (Å²) >= 11 is 5.97. The summed E-state index contributed by atoms with van der Waals surface area (Å²) in [5.74, 6) is -2.56. The van der Waals surface area contributed by atoms with Gasteiger partial charge in [0.2, 0.25) is 11.8 Å². The van der Waals surface area contributed by atoms with Crippen LogP contribution < -0.4 is 9.64 Å². The number of amides is 2. The van der Waals surface area contributed by atoms with E-state index in [1.807, 2.05) is 0 Å². The molecule has 1 saturated heterocycles. The van der Waals surface area contributed by atoms with E-state index >= 15 is 0 Å². The molecule has 3 rings (SSSR count). The molecule has 5 nitrogen and oxygen atoms in total. The Morgan fingerprint density at radius 2 is 1.96 bits per heavy atom. The molecule has 0 N–H and O–H groups in total. The van der Waals surface area contributed by atoms with Crippen molar-refractivity contribution < 1.29 is 23.5 Å². The van der Waals surface area contributed by atoms with Crippen molar-refractivity contribution in [3.63, 3.8) is 0 Å². The number of imide groups is 1.